The Kier molecular flexibility index (Phi) is 6.50. The summed E-state index contributed by atoms with van der Waals surface area (Å²) in [6.45, 7) is 6.75. The van der Waals surface area contributed by atoms with Gasteiger partial charge in [-0.15, -0.1) is 0 Å². The van der Waals surface area contributed by atoms with E-state index in [-0.39, 0.29) is 3.63 Å². The van der Waals surface area contributed by atoms with Gasteiger partial charge in [0, 0.05) is 0 Å². The average molecular weight is 500 g/mol. The molecule has 0 spiro atoms. The van der Waals surface area contributed by atoms with Gasteiger partial charge in [-0.25, -0.2) is 0 Å². The molecular weight excluding hydrogens is 474 g/mol. The zero-order chi connectivity index (χ0) is 20.5. The molecule has 147 valence electrons. The molecule has 0 aromatic heterocycles. The Morgan fingerprint density at radius 2 is 1.55 bits per heavy atom. The van der Waals surface area contributed by atoms with Crippen molar-refractivity contribution in [2.75, 3.05) is 0 Å². The molecule has 0 amide bonds. The quantitative estimate of drug-likeness (QED) is 0.329. The molecule has 0 saturated heterocycles. The molecule has 0 saturated carbocycles. The van der Waals surface area contributed by atoms with Crippen LogP contribution in [0, 0.1) is 0 Å². The Balaban J connectivity index is 2.07. The second kappa shape index (κ2) is 8.93. The van der Waals surface area contributed by atoms with Gasteiger partial charge in [-0.2, -0.15) is 0 Å². The van der Waals surface area contributed by atoms with Gasteiger partial charge in [0.15, 0.2) is 0 Å². The summed E-state index contributed by atoms with van der Waals surface area (Å²) in [4.78, 5) is 0. The molecular formula is C26H25Cl2Zr. The number of hydrogen-bond acceptors (Lipinski definition) is 0. The topological polar surface area (TPSA) is 0 Å². The van der Waals surface area contributed by atoms with E-state index in [0.717, 1.165) is 6.42 Å². The molecule has 1 aliphatic carbocycles. The van der Waals surface area contributed by atoms with Crippen LogP contribution < -0.4 is 0 Å². The van der Waals surface area contributed by atoms with Crippen LogP contribution in [-0.2, 0) is 19.4 Å². The number of halogens is 2. The predicted octanol–water partition coefficient (Wildman–Crippen LogP) is 8.92. The third-order valence-electron chi connectivity index (χ3n) is 5.85. The van der Waals surface area contributed by atoms with Crippen LogP contribution in [0.15, 0.2) is 72.3 Å². The zero-order valence-corrected chi connectivity index (χ0v) is 21.0. The normalized spacial score (nSPS) is 15.4. The van der Waals surface area contributed by atoms with Crippen LogP contribution in [0.5, 0.6) is 0 Å². The van der Waals surface area contributed by atoms with E-state index in [9.17, 15) is 0 Å². The van der Waals surface area contributed by atoms with Crippen LogP contribution in [0.2, 0.25) is 0 Å². The van der Waals surface area contributed by atoms with E-state index >= 15 is 0 Å². The molecule has 3 aromatic carbocycles. The van der Waals surface area contributed by atoms with E-state index in [0.29, 0.717) is 5.92 Å². The number of rotatable bonds is 5. The summed E-state index contributed by atoms with van der Waals surface area (Å²) in [5.41, 5.74) is 10.6. The molecule has 0 N–H and O–H groups in total. The summed E-state index contributed by atoms with van der Waals surface area (Å²) in [5.74, 6) is 0.449. The molecule has 3 aromatic rings. The average Bonchev–Trinajstić information content (AvgIpc) is 3.12. The number of fused-ring (bicyclic) bond motifs is 1. The van der Waals surface area contributed by atoms with Gasteiger partial charge in [-0.1, -0.05) is 0 Å². The third kappa shape index (κ3) is 3.95. The molecule has 0 aliphatic heterocycles. The number of hydrogen-bond donors (Lipinski definition) is 0. The predicted molar refractivity (Wildman–Crippen MR) is 124 cm³/mol. The summed E-state index contributed by atoms with van der Waals surface area (Å²) in [5, 5.41) is 0. The fourth-order valence-corrected chi connectivity index (χ4v) is 10.1. The maximum absolute atomic E-state index is 6.64. The van der Waals surface area contributed by atoms with Crippen LogP contribution in [0.4, 0.5) is 0 Å². The first-order chi connectivity index (χ1) is 14.0. The van der Waals surface area contributed by atoms with Gasteiger partial charge in [-0.05, 0) is 0 Å². The van der Waals surface area contributed by atoms with Crippen molar-refractivity contribution < 1.29 is 19.4 Å². The van der Waals surface area contributed by atoms with Crippen molar-refractivity contribution in [2.24, 2.45) is 0 Å². The second-order valence-corrected chi connectivity index (χ2v) is 16.7. The van der Waals surface area contributed by atoms with Crippen LogP contribution in [0.3, 0.4) is 0 Å². The molecule has 1 aliphatic rings. The monoisotopic (exact) mass is 497 g/mol. The van der Waals surface area contributed by atoms with E-state index in [1.807, 2.05) is 0 Å². The van der Waals surface area contributed by atoms with Crippen LogP contribution in [0.1, 0.15) is 53.4 Å². The van der Waals surface area contributed by atoms with Gasteiger partial charge in [0.25, 0.3) is 0 Å². The second-order valence-electron chi connectivity index (χ2n) is 7.89. The summed E-state index contributed by atoms with van der Waals surface area (Å²) < 4.78 is 0.260. The summed E-state index contributed by atoms with van der Waals surface area (Å²) in [6.07, 6.45) is 3.37. The van der Waals surface area contributed by atoms with Crippen LogP contribution >= 0.6 is 17.0 Å². The molecule has 0 bridgehead atoms. The Morgan fingerprint density at radius 1 is 0.862 bits per heavy atom. The fourth-order valence-electron chi connectivity index (χ4n) is 4.45. The number of allylic oxidation sites excluding steroid dienone is 1. The summed E-state index contributed by atoms with van der Waals surface area (Å²) >= 11 is -2.50. The van der Waals surface area contributed by atoms with Gasteiger partial charge in [-0.3, -0.25) is 0 Å². The van der Waals surface area contributed by atoms with Crippen molar-refractivity contribution in [1.29, 1.82) is 0 Å². The third-order valence-corrected chi connectivity index (χ3v) is 11.2. The first kappa shape index (κ1) is 21.1. The van der Waals surface area contributed by atoms with Gasteiger partial charge in [0.1, 0.15) is 0 Å². The van der Waals surface area contributed by atoms with Gasteiger partial charge in [0.05, 0.1) is 0 Å². The van der Waals surface area contributed by atoms with Gasteiger partial charge >= 0.3 is 190 Å². The van der Waals surface area contributed by atoms with Crippen molar-refractivity contribution in [3.63, 3.8) is 0 Å². The van der Waals surface area contributed by atoms with Crippen molar-refractivity contribution in [3.8, 4) is 22.3 Å². The van der Waals surface area contributed by atoms with Crippen LogP contribution in [-0.4, -0.2) is 0 Å². The maximum atomic E-state index is 6.64. The van der Waals surface area contributed by atoms with E-state index in [1.165, 1.54) is 44.5 Å². The Hall–Kier alpha value is -1.14. The summed E-state index contributed by atoms with van der Waals surface area (Å²) in [6, 6.07) is 24.1. The van der Waals surface area contributed by atoms with E-state index in [2.05, 4.69) is 93.6 Å². The molecule has 0 heterocycles. The van der Waals surface area contributed by atoms with Crippen molar-refractivity contribution in [3.05, 3.63) is 89.0 Å². The van der Waals surface area contributed by atoms with E-state index in [4.69, 9.17) is 17.0 Å². The molecule has 0 nitrogen and oxygen atoms in total. The van der Waals surface area contributed by atoms with Crippen molar-refractivity contribution in [1.82, 2.24) is 0 Å². The minimum absolute atomic E-state index is 0.260. The number of benzene rings is 3. The fraction of sp³-hybridized carbons (Fsp3) is 0.231. The zero-order valence-electron chi connectivity index (χ0n) is 17.0. The Labute approximate surface area is 189 Å². The Morgan fingerprint density at radius 3 is 2.21 bits per heavy atom. The van der Waals surface area contributed by atoms with E-state index < -0.39 is 19.4 Å². The SMILES string of the molecule is CCC1=Cc2c(ccc(-c3ccccc3)c2-c2ccccc2C(C)C)[CH]1[Zr]([Cl])[Cl]. The first-order valence-corrected chi connectivity index (χ1v) is 18.0. The van der Waals surface area contributed by atoms with Crippen LogP contribution in [0.25, 0.3) is 28.3 Å². The molecule has 4 rings (SSSR count). The molecule has 1 atom stereocenters. The molecule has 29 heavy (non-hydrogen) atoms. The van der Waals surface area contributed by atoms with Crippen molar-refractivity contribution in [2.45, 2.75) is 36.7 Å². The standard InChI is InChI=1S/C26H25.2ClH.Zr/c1-4-19-16-21-14-15-23(20-10-6-5-7-11-20)26(25(21)17-19)24-13-9-8-12-22(24)18(2)3;;;/h5-18H,4H2,1-3H3;2*1H;/q;;;+2/p-2. The molecule has 1 unspecified atom stereocenters. The molecule has 0 fully saturated rings. The summed E-state index contributed by atoms with van der Waals surface area (Å²) in [7, 11) is 13.3. The molecule has 3 heteroatoms. The van der Waals surface area contributed by atoms with Crippen molar-refractivity contribution >= 4 is 23.1 Å². The minimum atomic E-state index is -2.50. The van der Waals surface area contributed by atoms with Gasteiger partial charge < -0.3 is 0 Å². The van der Waals surface area contributed by atoms with E-state index in [1.54, 1.807) is 0 Å². The Bertz CT molecular complexity index is 1050. The molecule has 0 radical (unpaired) electrons. The van der Waals surface area contributed by atoms with Gasteiger partial charge in [0.2, 0.25) is 0 Å². The first-order valence-electron chi connectivity index (χ1n) is 10.2.